The van der Waals surface area contributed by atoms with Gasteiger partial charge in [-0.05, 0) is 24.8 Å². The minimum absolute atomic E-state index is 0.183. The van der Waals surface area contributed by atoms with Gasteiger partial charge >= 0.3 is 0 Å². The second-order valence-corrected chi connectivity index (χ2v) is 7.89. The molecule has 1 aromatic rings. The van der Waals surface area contributed by atoms with Gasteiger partial charge in [0.05, 0.1) is 0 Å². The van der Waals surface area contributed by atoms with E-state index in [4.69, 9.17) is 0 Å². The predicted molar refractivity (Wildman–Crippen MR) is 116 cm³/mol. The van der Waals surface area contributed by atoms with Crippen LogP contribution < -0.4 is 15.5 Å². The predicted octanol–water partition coefficient (Wildman–Crippen LogP) is 1.65. The molecule has 2 N–H and O–H groups in total. The molecule has 2 heterocycles. The van der Waals surface area contributed by atoms with Crippen molar-refractivity contribution in [1.29, 1.82) is 0 Å². The number of amides is 1. The van der Waals surface area contributed by atoms with Crippen molar-refractivity contribution in [2.75, 3.05) is 51.2 Å². The smallest absolute Gasteiger partial charge is 0.225 e. The van der Waals surface area contributed by atoms with Crippen LogP contribution >= 0.6 is 0 Å². The maximum atomic E-state index is 12.5. The van der Waals surface area contributed by atoms with Crippen LogP contribution in [0.3, 0.4) is 0 Å². The van der Waals surface area contributed by atoms with Gasteiger partial charge in [-0.1, -0.05) is 25.7 Å². The van der Waals surface area contributed by atoms with Crippen LogP contribution in [0.15, 0.2) is 23.5 Å². The highest BCUT2D eigenvalue weighted by molar-refractivity contribution is 5.81. The van der Waals surface area contributed by atoms with Gasteiger partial charge in [-0.25, -0.2) is 9.97 Å². The van der Waals surface area contributed by atoms with Gasteiger partial charge in [0.2, 0.25) is 11.9 Å². The first-order valence-corrected chi connectivity index (χ1v) is 11.0. The lowest BCUT2D eigenvalue weighted by Gasteiger charge is -2.34. The highest BCUT2D eigenvalue weighted by atomic mass is 16.2. The molecular formula is C21H35N7O. The number of guanidine groups is 1. The number of nitrogens with zero attached hydrogens (tertiary/aromatic N) is 5. The number of rotatable bonds is 8. The Balaban J connectivity index is 1.27. The molecule has 8 nitrogen and oxygen atoms in total. The van der Waals surface area contributed by atoms with Crippen molar-refractivity contribution in [3.8, 4) is 0 Å². The van der Waals surface area contributed by atoms with Crippen LogP contribution in [0.2, 0.25) is 0 Å². The summed E-state index contributed by atoms with van der Waals surface area (Å²) in [6, 6.07) is 1.81. The van der Waals surface area contributed by atoms with Gasteiger partial charge < -0.3 is 20.4 Å². The Morgan fingerprint density at radius 3 is 2.48 bits per heavy atom. The highest BCUT2D eigenvalue weighted by Crippen LogP contribution is 2.28. The molecule has 8 heteroatoms. The second-order valence-electron chi connectivity index (χ2n) is 7.89. The van der Waals surface area contributed by atoms with Crippen molar-refractivity contribution in [3.63, 3.8) is 0 Å². The molecule has 0 atom stereocenters. The molecular weight excluding hydrogens is 366 g/mol. The zero-order valence-electron chi connectivity index (χ0n) is 17.6. The summed E-state index contributed by atoms with van der Waals surface area (Å²) in [6.45, 7) is 4.51. The van der Waals surface area contributed by atoms with E-state index in [0.717, 1.165) is 37.5 Å². The first-order valence-electron chi connectivity index (χ1n) is 11.0. The van der Waals surface area contributed by atoms with E-state index in [0.29, 0.717) is 26.1 Å². The number of carbonyl (C=O) groups excluding carboxylic acids is 1. The van der Waals surface area contributed by atoms with Gasteiger partial charge in [0, 0.05) is 65.1 Å². The van der Waals surface area contributed by atoms with Crippen molar-refractivity contribution < 1.29 is 4.79 Å². The molecule has 0 unspecified atom stereocenters. The monoisotopic (exact) mass is 401 g/mol. The number of hydrogen-bond acceptors (Lipinski definition) is 5. The minimum atomic E-state index is 0.183. The van der Waals surface area contributed by atoms with Crippen LogP contribution in [0.4, 0.5) is 5.95 Å². The lowest BCUT2D eigenvalue weighted by molar-refractivity contribution is -0.131. The number of aromatic nitrogens is 2. The molecule has 0 spiro atoms. The van der Waals surface area contributed by atoms with E-state index in [-0.39, 0.29) is 5.91 Å². The number of hydrogen-bond donors (Lipinski definition) is 2. The Morgan fingerprint density at radius 1 is 1.10 bits per heavy atom. The Kier molecular flexibility index (Phi) is 8.52. The zero-order valence-corrected chi connectivity index (χ0v) is 17.6. The molecule has 1 aliphatic carbocycles. The van der Waals surface area contributed by atoms with E-state index in [2.05, 4.69) is 30.5 Å². The number of carbonyl (C=O) groups is 1. The summed E-state index contributed by atoms with van der Waals surface area (Å²) in [5, 5.41) is 6.63. The summed E-state index contributed by atoms with van der Waals surface area (Å²) in [5.74, 6) is 2.64. The molecule has 1 aromatic heterocycles. The fraction of sp³-hybridized carbons (Fsp3) is 0.714. The lowest BCUT2D eigenvalue weighted by atomic mass is 10.0. The van der Waals surface area contributed by atoms with E-state index in [1.165, 1.54) is 38.5 Å². The molecule has 29 heavy (non-hydrogen) atoms. The molecule has 2 fully saturated rings. The summed E-state index contributed by atoms with van der Waals surface area (Å²) in [7, 11) is 1.78. The quantitative estimate of drug-likeness (QED) is 0.391. The molecule has 160 valence electrons. The molecule has 1 amide bonds. The highest BCUT2D eigenvalue weighted by Gasteiger charge is 2.22. The van der Waals surface area contributed by atoms with Gasteiger partial charge in [0.1, 0.15) is 0 Å². The Bertz CT molecular complexity index is 638. The molecule has 1 saturated heterocycles. The number of piperazine rings is 1. The number of aliphatic imine (C=N–C) groups is 1. The molecule has 1 saturated carbocycles. The van der Waals surface area contributed by atoms with E-state index < -0.39 is 0 Å². The summed E-state index contributed by atoms with van der Waals surface area (Å²) in [4.78, 5) is 29.4. The minimum Gasteiger partial charge on any atom is -0.356 e. The normalized spacial score (nSPS) is 18.2. The van der Waals surface area contributed by atoms with E-state index in [9.17, 15) is 4.79 Å². The van der Waals surface area contributed by atoms with Crippen molar-refractivity contribution in [2.24, 2.45) is 10.9 Å². The zero-order chi connectivity index (χ0) is 20.3. The summed E-state index contributed by atoms with van der Waals surface area (Å²) >= 11 is 0. The van der Waals surface area contributed by atoms with Crippen molar-refractivity contribution in [2.45, 2.75) is 44.9 Å². The summed E-state index contributed by atoms with van der Waals surface area (Å²) < 4.78 is 0. The number of nitrogens with one attached hydrogen (secondary N) is 2. The van der Waals surface area contributed by atoms with Gasteiger partial charge in [0.15, 0.2) is 5.96 Å². The van der Waals surface area contributed by atoms with Crippen molar-refractivity contribution in [1.82, 2.24) is 25.5 Å². The van der Waals surface area contributed by atoms with Crippen LogP contribution in [-0.4, -0.2) is 73.1 Å². The summed E-state index contributed by atoms with van der Waals surface area (Å²) in [5.41, 5.74) is 0. The number of anilines is 1. The largest absolute Gasteiger partial charge is 0.356 e. The maximum Gasteiger partial charge on any atom is 0.225 e. The molecule has 0 aromatic carbocycles. The standard InChI is InChI=1S/C21H35N7O/c1-22-20(23-10-4-8-18-6-2-3-7-18)24-13-9-19(29)27-14-16-28(17-15-27)21-25-11-5-12-26-21/h5,11-12,18H,2-4,6-10,13-17H2,1H3,(H2,22,23,24). The maximum absolute atomic E-state index is 12.5. The lowest BCUT2D eigenvalue weighted by Crippen LogP contribution is -2.50. The van der Waals surface area contributed by atoms with Crippen LogP contribution in [0.1, 0.15) is 44.9 Å². The van der Waals surface area contributed by atoms with Gasteiger partial charge in [0.25, 0.3) is 0 Å². The van der Waals surface area contributed by atoms with Crippen LogP contribution in [-0.2, 0) is 4.79 Å². The van der Waals surface area contributed by atoms with E-state index >= 15 is 0 Å². The Morgan fingerprint density at radius 2 is 1.79 bits per heavy atom. The molecule has 3 rings (SSSR count). The van der Waals surface area contributed by atoms with Crippen molar-refractivity contribution in [3.05, 3.63) is 18.5 Å². The van der Waals surface area contributed by atoms with Crippen LogP contribution in [0, 0.1) is 5.92 Å². The third kappa shape index (κ3) is 6.87. The van der Waals surface area contributed by atoms with Gasteiger partial charge in [-0.3, -0.25) is 9.79 Å². The molecule has 0 radical (unpaired) electrons. The molecule has 2 aliphatic rings. The van der Waals surface area contributed by atoms with E-state index in [1.54, 1.807) is 19.4 Å². The fourth-order valence-corrected chi connectivity index (χ4v) is 4.17. The van der Waals surface area contributed by atoms with E-state index in [1.807, 2.05) is 11.0 Å². The summed E-state index contributed by atoms with van der Waals surface area (Å²) in [6.07, 6.45) is 12.1. The van der Waals surface area contributed by atoms with Crippen molar-refractivity contribution >= 4 is 17.8 Å². The van der Waals surface area contributed by atoms with Gasteiger partial charge in [-0.2, -0.15) is 0 Å². The fourth-order valence-electron chi connectivity index (χ4n) is 4.17. The topological polar surface area (TPSA) is 85.8 Å². The third-order valence-corrected chi connectivity index (χ3v) is 5.88. The average molecular weight is 402 g/mol. The second kappa shape index (κ2) is 11.6. The van der Waals surface area contributed by atoms with Crippen LogP contribution in [0.5, 0.6) is 0 Å². The van der Waals surface area contributed by atoms with Crippen LogP contribution in [0.25, 0.3) is 0 Å². The Hall–Kier alpha value is -2.38. The molecule has 1 aliphatic heterocycles. The molecule has 0 bridgehead atoms. The van der Waals surface area contributed by atoms with Gasteiger partial charge in [-0.15, -0.1) is 0 Å². The SMILES string of the molecule is CN=C(NCCCC1CCCC1)NCCC(=O)N1CCN(c2ncccn2)CC1. The third-order valence-electron chi connectivity index (χ3n) is 5.88. The Labute approximate surface area is 174 Å². The first-order chi connectivity index (χ1) is 14.3. The first kappa shape index (κ1) is 21.3. The average Bonchev–Trinajstić information content (AvgIpc) is 3.29.